The third-order valence-electron chi connectivity index (χ3n) is 7.40. The van der Waals surface area contributed by atoms with Crippen molar-refractivity contribution in [3.8, 4) is 0 Å². The Morgan fingerprint density at radius 2 is 1.29 bits per heavy atom. The van der Waals surface area contributed by atoms with E-state index in [2.05, 4.69) is 0 Å². The fourth-order valence-corrected chi connectivity index (χ4v) is 6.19. The molecule has 4 fully saturated rings. The van der Waals surface area contributed by atoms with Crippen molar-refractivity contribution in [2.45, 2.75) is 128 Å². The zero-order chi connectivity index (χ0) is 25.3. The Morgan fingerprint density at radius 1 is 0.824 bits per heavy atom. The minimum absolute atomic E-state index is 0.0415. The number of likely N-dealkylation sites (tertiary alicyclic amines) is 2. The number of hydrogen-bond donors (Lipinski definition) is 1. The lowest BCUT2D eigenvalue weighted by atomic mass is 10.0. The number of aliphatic hydroxyl groups is 1. The normalized spacial score (nSPS) is 32.6. The van der Waals surface area contributed by atoms with Gasteiger partial charge in [0.25, 0.3) is 0 Å². The maximum absolute atomic E-state index is 12.2. The number of nitrogens with zero attached hydrogens (tertiary/aromatic N) is 2. The molecule has 0 spiro atoms. The minimum Gasteiger partial charge on any atom is -0.444 e. The van der Waals surface area contributed by atoms with Gasteiger partial charge in [-0.25, -0.2) is 9.59 Å². The van der Waals surface area contributed by atoms with Gasteiger partial charge in [0.1, 0.15) is 17.5 Å². The number of fused-ring (bicyclic) bond motifs is 2. The first kappa shape index (κ1) is 26.8. The number of ether oxygens (including phenoxy) is 2. The monoisotopic (exact) mass is 480 g/mol. The van der Waals surface area contributed by atoms with E-state index in [1.807, 2.05) is 41.5 Å². The molecular formula is C26H44N2O6. The molecule has 4 rings (SSSR count). The van der Waals surface area contributed by atoms with Gasteiger partial charge in [0.2, 0.25) is 0 Å². The van der Waals surface area contributed by atoms with Crippen LogP contribution in [0.4, 0.5) is 9.59 Å². The maximum Gasteiger partial charge on any atom is 0.411 e. The van der Waals surface area contributed by atoms with Gasteiger partial charge in [0, 0.05) is 12.1 Å². The summed E-state index contributed by atoms with van der Waals surface area (Å²) in [5, 5.41) is 9.39. The third kappa shape index (κ3) is 6.23. The van der Waals surface area contributed by atoms with Crippen LogP contribution in [0.1, 0.15) is 92.9 Å². The van der Waals surface area contributed by atoms with Crippen molar-refractivity contribution in [3.63, 3.8) is 0 Å². The Hall–Kier alpha value is -1.83. The van der Waals surface area contributed by atoms with E-state index in [9.17, 15) is 19.5 Å². The number of rotatable bonds is 2. The van der Waals surface area contributed by atoms with Crippen molar-refractivity contribution < 1.29 is 29.0 Å². The first-order chi connectivity index (χ1) is 15.8. The zero-order valence-corrected chi connectivity index (χ0v) is 21.8. The summed E-state index contributed by atoms with van der Waals surface area (Å²) >= 11 is 0. The standard InChI is InChI=1S/C13H23NO3.C13H21NO3/c2*1-13(2,3)17-12(16)14-10(8-15)7-9-5-4-6-11(9)14/h9-11,15H,4-8H2,1-3H3;8-11H,4-7H2,1-3H3/t2*9-,10-,11-/m00/s1. The Labute approximate surface area is 204 Å². The highest BCUT2D eigenvalue weighted by Crippen LogP contribution is 2.42. The highest BCUT2D eigenvalue weighted by atomic mass is 16.6. The molecule has 2 aliphatic heterocycles. The van der Waals surface area contributed by atoms with Crippen LogP contribution in [0.5, 0.6) is 0 Å². The molecule has 0 aromatic rings. The molecule has 0 bridgehead atoms. The van der Waals surface area contributed by atoms with Gasteiger partial charge in [0.15, 0.2) is 0 Å². The third-order valence-corrected chi connectivity index (χ3v) is 7.40. The molecule has 34 heavy (non-hydrogen) atoms. The number of amides is 2. The van der Waals surface area contributed by atoms with E-state index in [0.29, 0.717) is 17.9 Å². The van der Waals surface area contributed by atoms with E-state index in [0.717, 1.165) is 44.8 Å². The summed E-state index contributed by atoms with van der Waals surface area (Å²) in [5.41, 5.74) is -0.963. The van der Waals surface area contributed by atoms with E-state index >= 15 is 0 Å². The fraction of sp³-hybridized carbons (Fsp3) is 0.885. The molecule has 1 N–H and O–H groups in total. The van der Waals surface area contributed by atoms with Crippen LogP contribution >= 0.6 is 0 Å². The Kier molecular flexibility index (Phi) is 8.21. The summed E-state index contributed by atoms with van der Waals surface area (Å²) in [6.07, 6.45) is 8.77. The molecule has 6 atom stereocenters. The summed E-state index contributed by atoms with van der Waals surface area (Å²) < 4.78 is 10.8. The summed E-state index contributed by atoms with van der Waals surface area (Å²) in [6, 6.07) is 0.197. The predicted octanol–water partition coefficient (Wildman–Crippen LogP) is 4.52. The lowest BCUT2D eigenvalue weighted by Crippen LogP contribution is -2.45. The molecule has 2 aliphatic carbocycles. The number of hydrogen-bond acceptors (Lipinski definition) is 6. The number of aldehydes is 1. The van der Waals surface area contributed by atoms with Crippen LogP contribution in [-0.2, 0) is 14.3 Å². The van der Waals surface area contributed by atoms with E-state index in [1.54, 1.807) is 9.80 Å². The average Bonchev–Trinajstić information content (AvgIpc) is 3.44. The highest BCUT2D eigenvalue weighted by molar-refractivity contribution is 5.75. The molecular weight excluding hydrogens is 436 g/mol. The SMILES string of the molecule is CC(C)(C)OC(=O)N1[C@H](C=O)C[C@@H]2CCC[C@@H]21.CC(C)(C)OC(=O)N1[C@H](CO)C[C@@H]2CCC[C@@H]21. The van der Waals surface area contributed by atoms with Crippen LogP contribution in [0.3, 0.4) is 0 Å². The van der Waals surface area contributed by atoms with Crippen molar-refractivity contribution in [2.75, 3.05) is 6.61 Å². The van der Waals surface area contributed by atoms with Gasteiger partial charge in [-0.2, -0.15) is 0 Å². The van der Waals surface area contributed by atoms with Crippen LogP contribution in [0, 0.1) is 11.8 Å². The lowest BCUT2D eigenvalue weighted by Gasteiger charge is -2.31. The molecule has 8 nitrogen and oxygen atoms in total. The molecule has 0 aromatic heterocycles. The summed E-state index contributed by atoms with van der Waals surface area (Å²) in [7, 11) is 0. The van der Waals surface area contributed by atoms with Crippen molar-refractivity contribution >= 4 is 18.5 Å². The molecule has 2 heterocycles. The zero-order valence-electron chi connectivity index (χ0n) is 21.8. The first-order valence-corrected chi connectivity index (χ1v) is 12.9. The van der Waals surface area contributed by atoms with Crippen molar-refractivity contribution in [3.05, 3.63) is 0 Å². The van der Waals surface area contributed by atoms with Crippen LogP contribution in [-0.4, -0.2) is 75.4 Å². The lowest BCUT2D eigenvalue weighted by molar-refractivity contribution is -0.112. The van der Waals surface area contributed by atoms with E-state index in [4.69, 9.17) is 9.47 Å². The number of carbonyl (C=O) groups is 3. The molecule has 194 valence electrons. The number of carbonyl (C=O) groups excluding carboxylic acids is 3. The van der Waals surface area contributed by atoms with Crippen LogP contribution in [0.15, 0.2) is 0 Å². The molecule has 8 heteroatoms. The molecule has 2 saturated carbocycles. The summed E-state index contributed by atoms with van der Waals surface area (Å²) in [4.78, 5) is 38.8. The van der Waals surface area contributed by atoms with E-state index < -0.39 is 11.2 Å². The Bertz CT molecular complexity index is 743. The molecule has 2 amide bonds. The average molecular weight is 481 g/mol. The smallest absolute Gasteiger partial charge is 0.411 e. The van der Waals surface area contributed by atoms with Gasteiger partial charge in [-0.15, -0.1) is 0 Å². The highest BCUT2D eigenvalue weighted by Gasteiger charge is 2.48. The first-order valence-electron chi connectivity index (χ1n) is 12.9. The van der Waals surface area contributed by atoms with Gasteiger partial charge in [0.05, 0.1) is 18.7 Å². The van der Waals surface area contributed by atoms with Gasteiger partial charge in [-0.3, -0.25) is 9.80 Å². The van der Waals surface area contributed by atoms with Crippen molar-refractivity contribution in [1.82, 2.24) is 9.80 Å². The molecule has 0 aromatic carbocycles. The topological polar surface area (TPSA) is 96.4 Å². The molecule has 2 saturated heterocycles. The summed E-state index contributed by atoms with van der Waals surface area (Å²) in [6.45, 7) is 11.2. The second kappa shape index (κ2) is 10.4. The fourth-order valence-electron chi connectivity index (χ4n) is 6.19. The molecule has 0 radical (unpaired) electrons. The number of aliphatic hydroxyl groups excluding tert-OH is 1. The van der Waals surface area contributed by atoms with Gasteiger partial charge >= 0.3 is 12.2 Å². The second-order valence-electron chi connectivity index (χ2n) is 12.3. The minimum atomic E-state index is -0.499. The van der Waals surface area contributed by atoms with Gasteiger partial charge in [-0.05, 0) is 91.9 Å². The largest absolute Gasteiger partial charge is 0.444 e. The quantitative estimate of drug-likeness (QED) is 0.584. The molecule has 4 aliphatic rings. The van der Waals surface area contributed by atoms with E-state index in [-0.39, 0.29) is 36.9 Å². The predicted molar refractivity (Wildman–Crippen MR) is 128 cm³/mol. The van der Waals surface area contributed by atoms with Gasteiger partial charge in [-0.1, -0.05) is 12.8 Å². The van der Waals surface area contributed by atoms with Crippen molar-refractivity contribution in [2.24, 2.45) is 11.8 Å². The summed E-state index contributed by atoms with van der Waals surface area (Å²) in [5.74, 6) is 1.07. The van der Waals surface area contributed by atoms with Crippen LogP contribution in [0.2, 0.25) is 0 Å². The van der Waals surface area contributed by atoms with Crippen molar-refractivity contribution in [1.29, 1.82) is 0 Å². The maximum atomic E-state index is 12.2. The van der Waals surface area contributed by atoms with Crippen LogP contribution in [0.25, 0.3) is 0 Å². The van der Waals surface area contributed by atoms with Crippen LogP contribution < -0.4 is 0 Å². The second-order valence-corrected chi connectivity index (χ2v) is 12.3. The Balaban J connectivity index is 0.000000191. The van der Waals surface area contributed by atoms with E-state index in [1.165, 1.54) is 12.8 Å². The molecule has 0 unspecified atom stereocenters. The van der Waals surface area contributed by atoms with Gasteiger partial charge < -0.3 is 19.4 Å². The Morgan fingerprint density at radius 3 is 1.76 bits per heavy atom.